The summed E-state index contributed by atoms with van der Waals surface area (Å²) in [7, 11) is 4.37. The van der Waals surface area contributed by atoms with Crippen LogP contribution >= 0.6 is 0 Å². The highest BCUT2D eigenvalue weighted by atomic mass is 15.1. The minimum absolute atomic E-state index is 0.582. The topological polar surface area (TPSA) is 3.24 Å². The molecule has 104 valence electrons. The van der Waals surface area contributed by atoms with Crippen LogP contribution in [0.3, 0.4) is 0 Å². The normalized spacial score (nSPS) is 17.5. The van der Waals surface area contributed by atoms with Crippen molar-refractivity contribution in [3.05, 3.63) is 59.2 Å². The van der Waals surface area contributed by atoms with Crippen molar-refractivity contribution in [2.24, 2.45) is 0 Å². The van der Waals surface area contributed by atoms with E-state index in [1.54, 1.807) is 0 Å². The van der Waals surface area contributed by atoms with Gasteiger partial charge in [0.25, 0.3) is 0 Å². The molecule has 1 aliphatic carbocycles. The molecule has 0 radical (unpaired) electrons. The Morgan fingerprint density at radius 1 is 1.10 bits per heavy atom. The Labute approximate surface area is 122 Å². The summed E-state index contributed by atoms with van der Waals surface area (Å²) in [5.41, 5.74) is 7.25. The Kier molecular flexibility index (Phi) is 3.62. The van der Waals surface area contributed by atoms with Crippen LogP contribution in [0.5, 0.6) is 0 Å². The standard InChI is InChI=1S/C19H23N/c1-4-14-7-5-6-8-17(14)16-10-9-15-11-12-19(20(2)3)18(15)13-16/h5-10,13,19H,4,11-12H2,1-3H3. The van der Waals surface area contributed by atoms with Crippen molar-refractivity contribution in [1.82, 2.24) is 4.90 Å². The average Bonchev–Trinajstić information content (AvgIpc) is 2.90. The maximum absolute atomic E-state index is 2.42. The van der Waals surface area contributed by atoms with Gasteiger partial charge in [-0.1, -0.05) is 43.3 Å². The summed E-state index contributed by atoms with van der Waals surface area (Å²) < 4.78 is 0. The molecule has 0 saturated carbocycles. The fourth-order valence-electron chi connectivity index (χ4n) is 3.39. The molecule has 0 saturated heterocycles. The van der Waals surface area contributed by atoms with Gasteiger partial charge >= 0.3 is 0 Å². The third kappa shape index (κ3) is 2.27. The maximum atomic E-state index is 2.42. The highest BCUT2D eigenvalue weighted by Crippen LogP contribution is 2.37. The first kappa shape index (κ1) is 13.4. The lowest BCUT2D eigenvalue weighted by Crippen LogP contribution is -2.17. The molecular formula is C19H23N. The van der Waals surface area contributed by atoms with Crippen molar-refractivity contribution in [2.75, 3.05) is 14.1 Å². The summed E-state index contributed by atoms with van der Waals surface area (Å²) in [5, 5.41) is 0. The molecule has 20 heavy (non-hydrogen) atoms. The van der Waals surface area contributed by atoms with Gasteiger partial charge in [0.05, 0.1) is 0 Å². The zero-order valence-corrected chi connectivity index (χ0v) is 12.7. The fourth-order valence-corrected chi connectivity index (χ4v) is 3.39. The van der Waals surface area contributed by atoms with Crippen LogP contribution in [0.25, 0.3) is 11.1 Å². The summed E-state index contributed by atoms with van der Waals surface area (Å²) in [6.07, 6.45) is 3.56. The minimum atomic E-state index is 0.582. The van der Waals surface area contributed by atoms with Crippen molar-refractivity contribution >= 4 is 0 Å². The number of aryl methyl sites for hydroxylation is 2. The first-order valence-electron chi connectivity index (χ1n) is 7.58. The van der Waals surface area contributed by atoms with Crippen LogP contribution < -0.4 is 0 Å². The molecule has 0 aromatic heterocycles. The summed E-state index contributed by atoms with van der Waals surface area (Å²) in [5.74, 6) is 0. The average molecular weight is 265 g/mol. The first-order chi connectivity index (χ1) is 9.70. The molecule has 1 unspecified atom stereocenters. The predicted octanol–water partition coefficient (Wildman–Crippen LogP) is 4.46. The van der Waals surface area contributed by atoms with Gasteiger partial charge < -0.3 is 4.90 Å². The number of hydrogen-bond donors (Lipinski definition) is 0. The van der Waals surface area contributed by atoms with E-state index in [0.717, 1.165) is 6.42 Å². The highest BCUT2D eigenvalue weighted by Gasteiger charge is 2.24. The Balaban J connectivity index is 2.07. The molecule has 2 aromatic rings. The molecule has 0 N–H and O–H groups in total. The van der Waals surface area contributed by atoms with Crippen LogP contribution in [0.15, 0.2) is 42.5 Å². The smallest absolute Gasteiger partial charge is 0.0348 e. The monoisotopic (exact) mass is 265 g/mol. The van der Waals surface area contributed by atoms with Crippen molar-refractivity contribution < 1.29 is 0 Å². The molecule has 1 aliphatic rings. The van der Waals surface area contributed by atoms with Crippen LogP contribution in [0.4, 0.5) is 0 Å². The Bertz CT molecular complexity index is 613. The Hall–Kier alpha value is -1.60. The first-order valence-corrected chi connectivity index (χ1v) is 7.58. The molecule has 3 rings (SSSR count). The molecule has 0 fully saturated rings. The minimum Gasteiger partial charge on any atom is -0.302 e. The molecule has 0 bridgehead atoms. The molecule has 2 aromatic carbocycles. The summed E-state index contributed by atoms with van der Waals surface area (Å²) >= 11 is 0. The highest BCUT2D eigenvalue weighted by molar-refractivity contribution is 5.69. The third-order valence-electron chi connectivity index (χ3n) is 4.52. The van der Waals surface area contributed by atoms with Crippen molar-refractivity contribution in [3.8, 4) is 11.1 Å². The lowest BCUT2D eigenvalue weighted by atomic mass is 9.95. The van der Waals surface area contributed by atoms with Gasteiger partial charge in [-0.15, -0.1) is 0 Å². The molecule has 0 spiro atoms. The Morgan fingerprint density at radius 3 is 2.65 bits per heavy atom. The second-order valence-corrected chi connectivity index (χ2v) is 5.94. The van der Waals surface area contributed by atoms with Gasteiger partial charge in [-0.2, -0.15) is 0 Å². The van der Waals surface area contributed by atoms with Crippen molar-refractivity contribution in [3.63, 3.8) is 0 Å². The quantitative estimate of drug-likeness (QED) is 0.791. The third-order valence-corrected chi connectivity index (χ3v) is 4.52. The van der Waals surface area contributed by atoms with Gasteiger partial charge in [0, 0.05) is 6.04 Å². The van der Waals surface area contributed by atoms with Crippen LogP contribution in [-0.4, -0.2) is 19.0 Å². The largest absolute Gasteiger partial charge is 0.302 e. The van der Waals surface area contributed by atoms with Gasteiger partial charge in [0.2, 0.25) is 0 Å². The van der Waals surface area contributed by atoms with E-state index in [9.17, 15) is 0 Å². The molecule has 0 aliphatic heterocycles. The Morgan fingerprint density at radius 2 is 1.90 bits per heavy atom. The van der Waals surface area contributed by atoms with E-state index in [-0.39, 0.29) is 0 Å². The van der Waals surface area contributed by atoms with Crippen LogP contribution in [0, 0.1) is 0 Å². The van der Waals surface area contributed by atoms with Crippen LogP contribution in [0.2, 0.25) is 0 Å². The lowest BCUT2D eigenvalue weighted by Gasteiger charge is -2.21. The van der Waals surface area contributed by atoms with Gasteiger partial charge in [-0.25, -0.2) is 0 Å². The second-order valence-electron chi connectivity index (χ2n) is 5.94. The molecule has 0 heterocycles. The number of fused-ring (bicyclic) bond motifs is 1. The summed E-state index contributed by atoms with van der Waals surface area (Å²) in [6.45, 7) is 2.23. The second kappa shape index (κ2) is 5.41. The SMILES string of the molecule is CCc1ccccc1-c1ccc2c(c1)C(N(C)C)CC2. The predicted molar refractivity (Wildman–Crippen MR) is 86.0 cm³/mol. The number of benzene rings is 2. The van der Waals surface area contributed by atoms with E-state index >= 15 is 0 Å². The van der Waals surface area contributed by atoms with Gasteiger partial charge in [-0.3, -0.25) is 0 Å². The van der Waals surface area contributed by atoms with E-state index in [0.29, 0.717) is 6.04 Å². The van der Waals surface area contributed by atoms with E-state index in [2.05, 4.69) is 68.4 Å². The molecular weight excluding hydrogens is 242 g/mol. The van der Waals surface area contributed by atoms with E-state index in [1.807, 2.05) is 0 Å². The number of nitrogens with zero attached hydrogens (tertiary/aromatic N) is 1. The van der Waals surface area contributed by atoms with Crippen LogP contribution in [0.1, 0.15) is 36.1 Å². The van der Waals surface area contributed by atoms with Crippen molar-refractivity contribution in [1.29, 1.82) is 0 Å². The van der Waals surface area contributed by atoms with Crippen LogP contribution in [-0.2, 0) is 12.8 Å². The summed E-state index contributed by atoms with van der Waals surface area (Å²) in [6, 6.07) is 16.4. The van der Waals surface area contributed by atoms with Gasteiger partial charge in [0.15, 0.2) is 0 Å². The fraction of sp³-hybridized carbons (Fsp3) is 0.368. The van der Waals surface area contributed by atoms with Gasteiger partial charge in [0.1, 0.15) is 0 Å². The number of hydrogen-bond acceptors (Lipinski definition) is 1. The molecule has 1 heteroatoms. The zero-order chi connectivity index (χ0) is 14.1. The molecule has 0 amide bonds. The lowest BCUT2D eigenvalue weighted by molar-refractivity contribution is 0.299. The number of rotatable bonds is 3. The van der Waals surface area contributed by atoms with E-state index < -0.39 is 0 Å². The molecule has 1 atom stereocenters. The zero-order valence-electron chi connectivity index (χ0n) is 12.7. The maximum Gasteiger partial charge on any atom is 0.0348 e. The molecule has 1 nitrogen and oxygen atoms in total. The van der Waals surface area contributed by atoms with Crippen molar-refractivity contribution in [2.45, 2.75) is 32.2 Å². The van der Waals surface area contributed by atoms with E-state index in [4.69, 9.17) is 0 Å². The van der Waals surface area contributed by atoms with Gasteiger partial charge in [-0.05, 0) is 67.2 Å². The van der Waals surface area contributed by atoms with E-state index in [1.165, 1.54) is 40.7 Å². The summed E-state index contributed by atoms with van der Waals surface area (Å²) in [4.78, 5) is 2.35.